The van der Waals surface area contributed by atoms with E-state index in [1.165, 1.54) is 0 Å². The maximum atomic E-state index is 12.7. The number of amides is 2. The predicted molar refractivity (Wildman–Crippen MR) is 83.6 cm³/mol. The molecule has 0 saturated heterocycles. The average Bonchev–Trinajstić information content (AvgIpc) is 2.81. The Morgan fingerprint density at radius 3 is 2.32 bits per heavy atom. The van der Waals surface area contributed by atoms with Gasteiger partial charge in [0.25, 0.3) is 0 Å². The van der Waals surface area contributed by atoms with E-state index < -0.39 is 6.04 Å². The highest BCUT2D eigenvalue weighted by Crippen LogP contribution is 2.39. The number of carbonyl (C=O) groups is 2. The van der Waals surface area contributed by atoms with Crippen molar-refractivity contribution in [3.8, 4) is 0 Å². The van der Waals surface area contributed by atoms with Gasteiger partial charge >= 0.3 is 6.03 Å². The lowest BCUT2D eigenvalue weighted by Gasteiger charge is -2.26. The Kier molecular flexibility index (Phi) is 2.81. The molecule has 2 aromatic carbocycles. The van der Waals surface area contributed by atoms with Crippen LogP contribution in [0.4, 0.5) is 4.79 Å². The molecule has 2 aromatic rings. The van der Waals surface area contributed by atoms with Crippen molar-refractivity contribution in [2.24, 2.45) is 0 Å². The van der Waals surface area contributed by atoms with Crippen LogP contribution in [0.15, 0.2) is 54.1 Å². The molecule has 1 atom stereocenters. The third-order valence-electron chi connectivity index (χ3n) is 3.96. The fourth-order valence-electron chi connectivity index (χ4n) is 2.97. The summed E-state index contributed by atoms with van der Waals surface area (Å²) in [6.45, 7) is 0. The predicted octanol–water partition coefficient (Wildman–Crippen LogP) is 3.30. The Morgan fingerprint density at radius 1 is 0.909 bits per heavy atom. The maximum absolute atomic E-state index is 12.7. The summed E-state index contributed by atoms with van der Waals surface area (Å²) < 4.78 is 0. The van der Waals surface area contributed by atoms with Crippen molar-refractivity contribution in [3.05, 3.63) is 75.8 Å². The zero-order valence-electron chi connectivity index (χ0n) is 11.4. The van der Waals surface area contributed by atoms with Crippen molar-refractivity contribution in [1.82, 2.24) is 10.6 Å². The highest BCUT2D eigenvalue weighted by molar-refractivity contribution is 6.30. The molecule has 1 heterocycles. The van der Waals surface area contributed by atoms with Gasteiger partial charge in [0.1, 0.15) is 0 Å². The number of benzene rings is 2. The molecule has 5 heteroatoms. The monoisotopic (exact) mass is 310 g/mol. The van der Waals surface area contributed by atoms with Crippen LogP contribution in [0.25, 0.3) is 5.70 Å². The van der Waals surface area contributed by atoms with Gasteiger partial charge in [-0.2, -0.15) is 0 Å². The lowest BCUT2D eigenvalue weighted by Crippen LogP contribution is -2.43. The lowest BCUT2D eigenvalue weighted by molar-refractivity contribution is 0.103. The van der Waals surface area contributed by atoms with Gasteiger partial charge in [0, 0.05) is 16.1 Å². The summed E-state index contributed by atoms with van der Waals surface area (Å²) in [6.07, 6.45) is 0. The Labute approximate surface area is 131 Å². The number of halogens is 1. The summed E-state index contributed by atoms with van der Waals surface area (Å²) >= 11 is 5.91. The molecule has 0 saturated carbocycles. The molecule has 0 unspecified atom stereocenters. The van der Waals surface area contributed by atoms with Crippen LogP contribution in [0.5, 0.6) is 0 Å². The average molecular weight is 311 g/mol. The number of fused-ring (bicyclic) bond motifs is 2. The van der Waals surface area contributed by atoms with Crippen molar-refractivity contribution < 1.29 is 9.59 Å². The van der Waals surface area contributed by atoms with Crippen molar-refractivity contribution >= 4 is 29.1 Å². The van der Waals surface area contributed by atoms with Crippen LogP contribution in [-0.4, -0.2) is 11.8 Å². The lowest BCUT2D eigenvalue weighted by atomic mass is 9.94. The molecule has 0 bridgehead atoms. The number of hydrogen-bond acceptors (Lipinski definition) is 2. The first-order chi connectivity index (χ1) is 10.6. The van der Waals surface area contributed by atoms with E-state index in [-0.39, 0.29) is 11.8 Å². The highest BCUT2D eigenvalue weighted by atomic mass is 35.5. The van der Waals surface area contributed by atoms with Gasteiger partial charge in [-0.05, 0) is 17.7 Å². The van der Waals surface area contributed by atoms with E-state index in [1.54, 1.807) is 18.2 Å². The first-order valence-electron chi connectivity index (χ1n) is 6.86. The van der Waals surface area contributed by atoms with Crippen molar-refractivity contribution in [3.63, 3.8) is 0 Å². The molecule has 2 amide bonds. The molecule has 0 aromatic heterocycles. The fourth-order valence-corrected chi connectivity index (χ4v) is 3.10. The van der Waals surface area contributed by atoms with E-state index in [0.29, 0.717) is 21.9 Å². The number of Topliss-reactive ketones (excluding diaryl/α,β-unsaturated/α-hetero) is 1. The van der Waals surface area contributed by atoms with E-state index >= 15 is 0 Å². The quantitative estimate of drug-likeness (QED) is 0.849. The number of nitrogens with one attached hydrogen (secondary N) is 2. The van der Waals surface area contributed by atoms with Crippen LogP contribution in [0, 0.1) is 0 Å². The van der Waals surface area contributed by atoms with Gasteiger partial charge < -0.3 is 10.6 Å². The van der Waals surface area contributed by atoms with E-state index in [1.807, 2.05) is 30.3 Å². The number of ketones is 1. The van der Waals surface area contributed by atoms with Crippen molar-refractivity contribution in [1.29, 1.82) is 0 Å². The Morgan fingerprint density at radius 2 is 1.59 bits per heavy atom. The van der Waals surface area contributed by atoms with Gasteiger partial charge in [0.2, 0.25) is 0 Å². The SMILES string of the molecule is O=C1NC2=C(C(=O)c3ccccc32)[C@H](c2ccc(Cl)cc2)N1. The number of carbonyl (C=O) groups excluding carboxylic acids is 2. The van der Waals surface area contributed by atoms with E-state index in [2.05, 4.69) is 10.6 Å². The molecule has 2 N–H and O–H groups in total. The van der Waals surface area contributed by atoms with Crippen LogP contribution in [0.3, 0.4) is 0 Å². The van der Waals surface area contributed by atoms with E-state index in [4.69, 9.17) is 11.6 Å². The smallest absolute Gasteiger partial charge is 0.320 e. The highest BCUT2D eigenvalue weighted by Gasteiger charge is 2.39. The number of hydrogen-bond donors (Lipinski definition) is 2. The zero-order chi connectivity index (χ0) is 15.3. The van der Waals surface area contributed by atoms with Crippen molar-refractivity contribution in [2.45, 2.75) is 6.04 Å². The minimum absolute atomic E-state index is 0.0574. The van der Waals surface area contributed by atoms with Gasteiger partial charge in [-0.15, -0.1) is 0 Å². The molecule has 0 spiro atoms. The molecule has 4 nitrogen and oxygen atoms in total. The van der Waals surface area contributed by atoms with Crippen LogP contribution < -0.4 is 10.6 Å². The molecule has 1 aliphatic carbocycles. The second-order valence-corrected chi connectivity index (χ2v) is 5.68. The summed E-state index contributed by atoms with van der Waals surface area (Å²) in [7, 11) is 0. The maximum Gasteiger partial charge on any atom is 0.320 e. The molecule has 0 radical (unpaired) electrons. The van der Waals surface area contributed by atoms with Gasteiger partial charge in [0.05, 0.1) is 17.3 Å². The second-order valence-electron chi connectivity index (χ2n) is 5.25. The first kappa shape index (κ1) is 13.1. The molecule has 22 heavy (non-hydrogen) atoms. The topological polar surface area (TPSA) is 58.2 Å². The minimum Gasteiger partial charge on any atom is -0.327 e. The Hall–Kier alpha value is -2.59. The second kappa shape index (κ2) is 4.71. The third kappa shape index (κ3) is 1.84. The largest absolute Gasteiger partial charge is 0.327 e. The molecular weight excluding hydrogens is 300 g/mol. The van der Waals surface area contributed by atoms with Gasteiger partial charge in [-0.25, -0.2) is 4.79 Å². The zero-order valence-corrected chi connectivity index (χ0v) is 12.1. The minimum atomic E-state index is -0.471. The summed E-state index contributed by atoms with van der Waals surface area (Å²) in [4.78, 5) is 24.7. The normalized spacial score (nSPS) is 19.4. The summed E-state index contributed by atoms with van der Waals surface area (Å²) in [6, 6.07) is 13.6. The fraction of sp³-hybridized carbons (Fsp3) is 0.0588. The van der Waals surface area contributed by atoms with Gasteiger partial charge in [-0.3, -0.25) is 4.79 Å². The van der Waals surface area contributed by atoms with Gasteiger partial charge in [-0.1, -0.05) is 48.0 Å². The van der Waals surface area contributed by atoms with Crippen LogP contribution in [0.2, 0.25) is 5.02 Å². The third-order valence-corrected chi connectivity index (χ3v) is 4.21. The van der Waals surface area contributed by atoms with Crippen LogP contribution >= 0.6 is 11.6 Å². The van der Waals surface area contributed by atoms with E-state index in [9.17, 15) is 9.59 Å². The van der Waals surface area contributed by atoms with E-state index in [0.717, 1.165) is 11.1 Å². The molecule has 108 valence electrons. The summed E-state index contributed by atoms with van der Waals surface area (Å²) in [5.74, 6) is -0.0574. The number of rotatable bonds is 1. The summed E-state index contributed by atoms with van der Waals surface area (Å²) in [5.41, 5.74) is 3.40. The summed E-state index contributed by atoms with van der Waals surface area (Å²) in [5, 5.41) is 6.19. The molecular formula is C17H11ClN2O2. The van der Waals surface area contributed by atoms with Crippen LogP contribution in [0.1, 0.15) is 27.5 Å². The molecule has 4 rings (SSSR count). The standard InChI is InChI=1S/C17H11ClN2O2/c18-10-7-5-9(6-8-10)14-13-15(20-17(22)19-14)11-3-1-2-4-12(11)16(13)21/h1-8,14H,(H2,19,20,22)/t14-/m0/s1. The Balaban J connectivity index is 1.88. The first-order valence-corrected chi connectivity index (χ1v) is 7.24. The van der Waals surface area contributed by atoms with Gasteiger partial charge in [0.15, 0.2) is 5.78 Å². The molecule has 2 aliphatic rings. The number of urea groups is 1. The van der Waals surface area contributed by atoms with Crippen LogP contribution in [-0.2, 0) is 0 Å². The molecule has 1 aliphatic heterocycles. The Bertz CT molecular complexity index is 840. The van der Waals surface area contributed by atoms with Crippen molar-refractivity contribution in [2.75, 3.05) is 0 Å². The molecule has 0 fully saturated rings.